The van der Waals surface area contributed by atoms with Crippen molar-refractivity contribution in [3.63, 3.8) is 0 Å². The fraction of sp³-hybridized carbons (Fsp3) is 0.746. The highest BCUT2D eigenvalue weighted by Gasteiger charge is 2.19. The predicted molar refractivity (Wildman–Crippen MR) is 279 cm³/mol. The highest BCUT2D eigenvalue weighted by Crippen LogP contribution is 2.14. The fourth-order valence-electron chi connectivity index (χ4n) is 7.47. The molecule has 0 spiro atoms. The zero-order valence-corrected chi connectivity index (χ0v) is 42.7. The second kappa shape index (κ2) is 53.5. The molecular formula is C59H102O6. The topological polar surface area (TPSA) is 78.9 Å². The van der Waals surface area contributed by atoms with E-state index in [0.717, 1.165) is 135 Å². The van der Waals surface area contributed by atoms with Gasteiger partial charge in [-0.1, -0.05) is 203 Å². The van der Waals surface area contributed by atoms with Crippen molar-refractivity contribution in [2.75, 3.05) is 13.2 Å². The lowest BCUT2D eigenvalue weighted by molar-refractivity contribution is -0.167. The van der Waals surface area contributed by atoms with Crippen LogP contribution in [0.3, 0.4) is 0 Å². The van der Waals surface area contributed by atoms with Crippen molar-refractivity contribution >= 4 is 17.9 Å². The molecule has 0 saturated heterocycles. The van der Waals surface area contributed by atoms with E-state index in [-0.39, 0.29) is 31.1 Å². The summed E-state index contributed by atoms with van der Waals surface area (Å²) in [4.78, 5) is 38.1. The third-order valence-corrected chi connectivity index (χ3v) is 11.7. The number of esters is 3. The van der Waals surface area contributed by atoms with Crippen LogP contribution in [0.5, 0.6) is 0 Å². The Labute approximate surface area is 402 Å². The van der Waals surface area contributed by atoms with Gasteiger partial charge < -0.3 is 14.2 Å². The van der Waals surface area contributed by atoms with Crippen LogP contribution in [0.1, 0.15) is 265 Å². The summed E-state index contributed by atoms with van der Waals surface area (Å²) in [6.07, 6.45) is 67.3. The molecule has 0 heterocycles. The van der Waals surface area contributed by atoms with Gasteiger partial charge in [-0.2, -0.15) is 0 Å². The summed E-state index contributed by atoms with van der Waals surface area (Å²) >= 11 is 0. The lowest BCUT2D eigenvalue weighted by Gasteiger charge is -2.18. The van der Waals surface area contributed by atoms with Gasteiger partial charge in [-0.25, -0.2) is 0 Å². The molecule has 6 heteroatoms. The fourth-order valence-corrected chi connectivity index (χ4v) is 7.47. The minimum absolute atomic E-state index is 0.0931. The van der Waals surface area contributed by atoms with Crippen molar-refractivity contribution in [3.05, 3.63) is 72.9 Å². The predicted octanol–water partition coefficient (Wildman–Crippen LogP) is 18.2. The van der Waals surface area contributed by atoms with E-state index in [4.69, 9.17) is 14.2 Å². The third-order valence-electron chi connectivity index (χ3n) is 11.7. The number of carbonyl (C=O) groups is 3. The van der Waals surface area contributed by atoms with Gasteiger partial charge in [-0.15, -0.1) is 0 Å². The number of hydrogen-bond donors (Lipinski definition) is 0. The quantitative estimate of drug-likeness (QED) is 0.0262. The molecule has 0 aromatic carbocycles. The van der Waals surface area contributed by atoms with E-state index in [2.05, 4.69) is 93.7 Å². The number of ether oxygens (including phenoxy) is 3. The molecule has 0 aromatic heterocycles. The molecule has 0 aromatic rings. The lowest BCUT2D eigenvalue weighted by atomic mass is 10.1. The molecule has 0 bridgehead atoms. The molecule has 0 aliphatic rings. The summed E-state index contributed by atoms with van der Waals surface area (Å²) in [5.74, 6) is -0.929. The molecule has 374 valence electrons. The van der Waals surface area contributed by atoms with Crippen LogP contribution in [0.2, 0.25) is 0 Å². The van der Waals surface area contributed by atoms with Crippen molar-refractivity contribution in [1.82, 2.24) is 0 Å². The van der Waals surface area contributed by atoms with Crippen molar-refractivity contribution in [2.45, 2.75) is 271 Å². The van der Waals surface area contributed by atoms with Crippen molar-refractivity contribution in [2.24, 2.45) is 0 Å². The van der Waals surface area contributed by atoms with E-state index < -0.39 is 6.10 Å². The maximum Gasteiger partial charge on any atom is 0.306 e. The molecule has 0 aliphatic heterocycles. The Morgan fingerprint density at radius 3 is 0.877 bits per heavy atom. The van der Waals surface area contributed by atoms with Crippen molar-refractivity contribution < 1.29 is 28.6 Å². The van der Waals surface area contributed by atoms with Gasteiger partial charge in [0.05, 0.1) is 0 Å². The van der Waals surface area contributed by atoms with Crippen LogP contribution in [0, 0.1) is 0 Å². The van der Waals surface area contributed by atoms with E-state index in [9.17, 15) is 14.4 Å². The minimum atomic E-state index is -0.794. The molecule has 6 nitrogen and oxygen atoms in total. The number of allylic oxidation sites excluding steroid dienone is 12. The number of carbonyl (C=O) groups excluding carboxylic acids is 3. The maximum atomic E-state index is 12.8. The van der Waals surface area contributed by atoms with Gasteiger partial charge in [0.25, 0.3) is 0 Å². The Balaban J connectivity index is 4.46. The average Bonchev–Trinajstić information content (AvgIpc) is 3.30. The van der Waals surface area contributed by atoms with Crippen LogP contribution in [-0.4, -0.2) is 37.2 Å². The van der Waals surface area contributed by atoms with Crippen LogP contribution in [0.15, 0.2) is 72.9 Å². The Morgan fingerprint density at radius 1 is 0.308 bits per heavy atom. The number of hydrogen-bond acceptors (Lipinski definition) is 6. The summed E-state index contributed by atoms with van der Waals surface area (Å²) in [6, 6.07) is 0. The van der Waals surface area contributed by atoms with E-state index >= 15 is 0 Å². The van der Waals surface area contributed by atoms with Gasteiger partial charge in [0, 0.05) is 19.3 Å². The van der Waals surface area contributed by atoms with Gasteiger partial charge >= 0.3 is 17.9 Å². The Bertz CT molecular complexity index is 1230. The van der Waals surface area contributed by atoms with E-state index in [0.29, 0.717) is 19.3 Å². The summed E-state index contributed by atoms with van der Waals surface area (Å²) in [7, 11) is 0. The lowest BCUT2D eigenvalue weighted by Crippen LogP contribution is -2.30. The first-order chi connectivity index (χ1) is 32.0. The number of rotatable bonds is 49. The largest absolute Gasteiger partial charge is 0.462 e. The summed E-state index contributed by atoms with van der Waals surface area (Å²) in [5.41, 5.74) is 0. The third kappa shape index (κ3) is 51.7. The van der Waals surface area contributed by atoms with Gasteiger partial charge in [-0.3, -0.25) is 14.4 Å². The molecule has 0 aliphatic carbocycles. The summed E-state index contributed by atoms with van der Waals surface area (Å²) < 4.78 is 16.8. The van der Waals surface area contributed by atoms with Gasteiger partial charge in [0.2, 0.25) is 0 Å². The Hall–Kier alpha value is -3.15. The Morgan fingerprint density at radius 2 is 0.554 bits per heavy atom. The molecule has 65 heavy (non-hydrogen) atoms. The van der Waals surface area contributed by atoms with E-state index in [1.165, 1.54) is 89.9 Å². The van der Waals surface area contributed by atoms with Crippen LogP contribution >= 0.6 is 0 Å². The van der Waals surface area contributed by atoms with Gasteiger partial charge in [0.1, 0.15) is 13.2 Å². The van der Waals surface area contributed by atoms with Crippen LogP contribution in [0.25, 0.3) is 0 Å². The number of unbranched alkanes of at least 4 members (excludes halogenated alkanes) is 26. The monoisotopic (exact) mass is 907 g/mol. The van der Waals surface area contributed by atoms with Crippen LogP contribution in [-0.2, 0) is 28.6 Å². The average molecular weight is 907 g/mol. The first kappa shape index (κ1) is 61.9. The second-order valence-electron chi connectivity index (χ2n) is 18.1. The molecule has 0 saturated carbocycles. The van der Waals surface area contributed by atoms with Crippen molar-refractivity contribution in [1.29, 1.82) is 0 Å². The first-order valence-corrected chi connectivity index (χ1v) is 27.4. The van der Waals surface area contributed by atoms with E-state index in [1.807, 2.05) is 0 Å². The standard InChI is InChI=1S/C59H102O6/c1-4-7-10-13-16-19-22-25-28-31-34-37-40-43-46-49-52-58(61)64-55-56(54-63-57(60)51-48-45-42-39-36-33-30-27-24-21-18-15-12-9-6-3)65-59(62)53-50-47-44-41-38-35-32-29-26-23-20-17-14-11-8-5-2/h18-23,27-32,56H,4-17,24-26,33-55H2,1-3H3/b21-18-,22-19-,23-20-,30-27-,31-28-,32-29-. The molecule has 0 amide bonds. The Kier molecular flexibility index (Phi) is 50.9. The highest BCUT2D eigenvalue weighted by atomic mass is 16.6. The molecule has 0 rings (SSSR count). The van der Waals surface area contributed by atoms with E-state index in [1.54, 1.807) is 0 Å². The van der Waals surface area contributed by atoms with Crippen LogP contribution in [0.4, 0.5) is 0 Å². The SMILES string of the molecule is CCCCC/C=C\C/C=C\CCCCCCCC(=O)OCC(COC(=O)CCCCCCC/C=C\C/C=C\CCCCCC)OC(=O)CCCCCCC/C=C\C/C=C\CCCCCC. The van der Waals surface area contributed by atoms with Crippen molar-refractivity contribution in [3.8, 4) is 0 Å². The zero-order chi connectivity index (χ0) is 47.2. The summed E-state index contributed by atoms with van der Waals surface area (Å²) in [6.45, 7) is 6.55. The molecular weight excluding hydrogens is 805 g/mol. The molecule has 1 unspecified atom stereocenters. The second-order valence-corrected chi connectivity index (χ2v) is 18.1. The van der Waals surface area contributed by atoms with Gasteiger partial charge in [0.15, 0.2) is 6.10 Å². The van der Waals surface area contributed by atoms with Crippen LogP contribution < -0.4 is 0 Å². The van der Waals surface area contributed by atoms with Gasteiger partial charge in [-0.05, 0) is 116 Å². The molecule has 0 N–H and O–H groups in total. The molecule has 0 radical (unpaired) electrons. The highest BCUT2D eigenvalue weighted by molar-refractivity contribution is 5.71. The smallest absolute Gasteiger partial charge is 0.306 e. The summed E-state index contributed by atoms with van der Waals surface area (Å²) in [5, 5.41) is 0. The molecule has 1 atom stereocenters. The maximum absolute atomic E-state index is 12.8. The zero-order valence-electron chi connectivity index (χ0n) is 42.7. The molecule has 0 fully saturated rings. The minimum Gasteiger partial charge on any atom is -0.462 e. The first-order valence-electron chi connectivity index (χ1n) is 27.4. The normalized spacial score (nSPS) is 12.6.